The highest BCUT2D eigenvalue weighted by Crippen LogP contribution is 2.28. The molecule has 0 aromatic rings. The summed E-state index contributed by atoms with van der Waals surface area (Å²) in [4.78, 5) is 0. The second kappa shape index (κ2) is 5.72. The Morgan fingerprint density at radius 3 is 2.21 bits per heavy atom. The monoisotopic (exact) mass is 198 g/mol. The fourth-order valence-corrected chi connectivity index (χ4v) is 2.44. The maximum Gasteiger partial charge on any atom is 0.0304 e. The van der Waals surface area contributed by atoms with E-state index in [0.717, 1.165) is 19.0 Å². The van der Waals surface area contributed by atoms with Gasteiger partial charge in [0, 0.05) is 12.1 Å². The normalized spacial score (nSPS) is 20.6. The average Bonchev–Trinajstić information content (AvgIpc) is 2.69. The van der Waals surface area contributed by atoms with Gasteiger partial charge >= 0.3 is 0 Å². The van der Waals surface area contributed by atoms with Crippen LogP contribution in [0.25, 0.3) is 0 Å². The van der Waals surface area contributed by atoms with Gasteiger partial charge in [0.25, 0.3) is 0 Å². The van der Waals surface area contributed by atoms with Gasteiger partial charge in [0.1, 0.15) is 0 Å². The lowest BCUT2D eigenvalue weighted by Crippen LogP contribution is -2.50. The van der Waals surface area contributed by atoms with E-state index in [1.54, 1.807) is 0 Å². The van der Waals surface area contributed by atoms with E-state index in [0.29, 0.717) is 5.54 Å². The third kappa shape index (κ3) is 2.96. The SMILES string of the molecule is CCC(CC)CNC1(CN)CCCC1. The Morgan fingerprint density at radius 1 is 1.21 bits per heavy atom. The molecule has 0 radical (unpaired) electrons. The van der Waals surface area contributed by atoms with Gasteiger partial charge in [-0.05, 0) is 25.3 Å². The van der Waals surface area contributed by atoms with Gasteiger partial charge in [-0.15, -0.1) is 0 Å². The van der Waals surface area contributed by atoms with Gasteiger partial charge in [-0.1, -0.05) is 39.5 Å². The zero-order valence-electron chi connectivity index (χ0n) is 9.81. The van der Waals surface area contributed by atoms with Gasteiger partial charge in [0.15, 0.2) is 0 Å². The Bertz CT molecular complexity index is 146. The summed E-state index contributed by atoms with van der Waals surface area (Å²) >= 11 is 0. The molecule has 1 fully saturated rings. The van der Waals surface area contributed by atoms with Crippen LogP contribution in [0.4, 0.5) is 0 Å². The van der Waals surface area contributed by atoms with Crippen LogP contribution in [0.2, 0.25) is 0 Å². The van der Waals surface area contributed by atoms with E-state index in [1.807, 2.05) is 0 Å². The molecule has 2 nitrogen and oxygen atoms in total. The van der Waals surface area contributed by atoms with Crippen molar-refractivity contribution in [1.29, 1.82) is 0 Å². The fraction of sp³-hybridized carbons (Fsp3) is 1.00. The molecule has 0 saturated heterocycles. The Labute approximate surface area is 88.6 Å². The van der Waals surface area contributed by atoms with Gasteiger partial charge in [-0.25, -0.2) is 0 Å². The molecule has 0 amide bonds. The molecule has 1 saturated carbocycles. The summed E-state index contributed by atoms with van der Waals surface area (Å²) in [7, 11) is 0. The van der Waals surface area contributed by atoms with Gasteiger partial charge in [-0.3, -0.25) is 0 Å². The number of nitrogens with one attached hydrogen (secondary N) is 1. The van der Waals surface area contributed by atoms with Crippen molar-refractivity contribution < 1.29 is 0 Å². The van der Waals surface area contributed by atoms with E-state index in [9.17, 15) is 0 Å². The predicted molar refractivity (Wildman–Crippen MR) is 62.3 cm³/mol. The third-order valence-electron chi connectivity index (χ3n) is 3.87. The zero-order chi connectivity index (χ0) is 10.4. The first-order chi connectivity index (χ1) is 6.76. The molecule has 2 heteroatoms. The van der Waals surface area contributed by atoms with Crippen molar-refractivity contribution in [1.82, 2.24) is 5.32 Å². The molecule has 3 N–H and O–H groups in total. The topological polar surface area (TPSA) is 38.0 Å². The summed E-state index contributed by atoms with van der Waals surface area (Å²) in [6.45, 7) is 6.52. The summed E-state index contributed by atoms with van der Waals surface area (Å²) < 4.78 is 0. The Balaban J connectivity index is 2.33. The van der Waals surface area contributed by atoms with Crippen LogP contribution < -0.4 is 11.1 Å². The Kier molecular flexibility index (Phi) is 4.90. The van der Waals surface area contributed by atoms with Gasteiger partial charge in [0.05, 0.1) is 0 Å². The summed E-state index contributed by atoms with van der Waals surface area (Å²) in [6, 6.07) is 0. The molecule has 0 spiro atoms. The number of hydrogen-bond donors (Lipinski definition) is 2. The van der Waals surface area contributed by atoms with E-state index in [2.05, 4.69) is 19.2 Å². The summed E-state index contributed by atoms with van der Waals surface area (Å²) in [5.74, 6) is 0.832. The van der Waals surface area contributed by atoms with E-state index in [-0.39, 0.29) is 0 Å². The van der Waals surface area contributed by atoms with Crippen LogP contribution in [-0.2, 0) is 0 Å². The first-order valence-corrected chi connectivity index (χ1v) is 6.21. The Morgan fingerprint density at radius 2 is 1.79 bits per heavy atom. The molecule has 1 rings (SSSR count). The smallest absolute Gasteiger partial charge is 0.0304 e. The largest absolute Gasteiger partial charge is 0.329 e. The highest BCUT2D eigenvalue weighted by Gasteiger charge is 2.31. The lowest BCUT2D eigenvalue weighted by atomic mass is 9.95. The standard InChI is InChI=1S/C12H26N2/c1-3-11(4-2)9-14-12(10-13)7-5-6-8-12/h11,14H,3-10,13H2,1-2H3. The Hall–Kier alpha value is -0.0800. The molecule has 0 heterocycles. The van der Waals surface area contributed by atoms with Crippen LogP contribution in [0.15, 0.2) is 0 Å². The molecule has 0 aromatic carbocycles. The minimum atomic E-state index is 0.294. The van der Waals surface area contributed by atoms with Crippen molar-refractivity contribution in [3.8, 4) is 0 Å². The first kappa shape index (κ1) is 12.0. The summed E-state index contributed by atoms with van der Waals surface area (Å²) in [6.07, 6.45) is 7.84. The van der Waals surface area contributed by atoms with E-state index in [4.69, 9.17) is 5.73 Å². The van der Waals surface area contributed by atoms with Gasteiger partial charge < -0.3 is 11.1 Å². The lowest BCUT2D eigenvalue weighted by Gasteiger charge is -2.30. The molecule has 0 unspecified atom stereocenters. The highest BCUT2D eigenvalue weighted by molar-refractivity contribution is 4.93. The number of rotatable bonds is 6. The minimum absolute atomic E-state index is 0.294. The van der Waals surface area contributed by atoms with Crippen LogP contribution in [0.3, 0.4) is 0 Å². The van der Waals surface area contributed by atoms with Gasteiger partial charge in [-0.2, -0.15) is 0 Å². The van der Waals surface area contributed by atoms with Crippen LogP contribution in [0, 0.1) is 5.92 Å². The third-order valence-corrected chi connectivity index (χ3v) is 3.87. The van der Waals surface area contributed by atoms with E-state index in [1.165, 1.54) is 38.5 Å². The molecule has 1 aliphatic rings. The second-order valence-electron chi connectivity index (χ2n) is 4.75. The summed E-state index contributed by atoms with van der Waals surface area (Å²) in [5, 5.41) is 3.72. The maximum absolute atomic E-state index is 5.88. The number of nitrogens with two attached hydrogens (primary N) is 1. The second-order valence-corrected chi connectivity index (χ2v) is 4.75. The molecule has 84 valence electrons. The van der Waals surface area contributed by atoms with Crippen molar-refractivity contribution >= 4 is 0 Å². The molecular weight excluding hydrogens is 172 g/mol. The van der Waals surface area contributed by atoms with Crippen molar-refractivity contribution in [2.45, 2.75) is 57.9 Å². The van der Waals surface area contributed by atoms with Crippen LogP contribution in [-0.4, -0.2) is 18.6 Å². The van der Waals surface area contributed by atoms with Crippen molar-refractivity contribution in [3.63, 3.8) is 0 Å². The van der Waals surface area contributed by atoms with Crippen molar-refractivity contribution in [3.05, 3.63) is 0 Å². The van der Waals surface area contributed by atoms with Crippen LogP contribution >= 0.6 is 0 Å². The zero-order valence-corrected chi connectivity index (χ0v) is 9.81. The van der Waals surface area contributed by atoms with Crippen molar-refractivity contribution in [2.24, 2.45) is 11.7 Å². The molecule has 0 aromatic heterocycles. The molecule has 1 aliphatic carbocycles. The first-order valence-electron chi connectivity index (χ1n) is 6.21. The molecule has 0 atom stereocenters. The van der Waals surface area contributed by atoms with Gasteiger partial charge in [0.2, 0.25) is 0 Å². The molecule has 0 aliphatic heterocycles. The van der Waals surface area contributed by atoms with E-state index < -0.39 is 0 Å². The van der Waals surface area contributed by atoms with Crippen molar-refractivity contribution in [2.75, 3.05) is 13.1 Å². The lowest BCUT2D eigenvalue weighted by molar-refractivity contribution is 0.304. The quantitative estimate of drug-likeness (QED) is 0.687. The van der Waals surface area contributed by atoms with E-state index >= 15 is 0 Å². The predicted octanol–water partition coefficient (Wildman–Crippen LogP) is 2.28. The van der Waals surface area contributed by atoms with Crippen LogP contribution in [0.5, 0.6) is 0 Å². The average molecular weight is 198 g/mol. The maximum atomic E-state index is 5.88. The number of hydrogen-bond acceptors (Lipinski definition) is 2. The highest BCUT2D eigenvalue weighted by atomic mass is 15.0. The fourth-order valence-electron chi connectivity index (χ4n) is 2.44. The molecule has 14 heavy (non-hydrogen) atoms. The minimum Gasteiger partial charge on any atom is -0.329 e. The summed E-state index contributed by atoms with van der Waals surface area (Å²) in [5.41, 5.74) is 6.17. The molecule has 0 bridgehead atoms. The molecular formula is C12H26N2. The van der Waals surface area contributed by atoms with Crippen LogP contribution in [0.1, 0.15) is 52.4 Å².